The largest absolute Gasteiger partial charge is 0.423 e. The Balaban J connectivity index is 2.40. The SMILES string of the molecule is CCCCCCCCCCCCCCCCCC(=O)OC1(CO)O[C@H](OC)[C@@H](O)[C@@H](O)[C@@]1(O)OC(=O)CCCCCCCCCCCCCCCCC. The van der Waals surface area contributed by atoms with Crippen LogP contribution in [0.3, 0.4) is 0 Å². The number of aliphatic hydroxyl groups is 4. The van der Waals surface area contributed by atoms with Crippen molar-refractivity contribution < 1.29 is 49.0 Å². The summed E-state index contributed by atoms with van der Waals surface area (Å²) in [6.45, 7) is 3.34. The van der Waals surface area contributed by atoms with Crippen LogP contribution in [0.1, 0.15) is 219 Å². The van der Waals surface area contributed by atoms with Crippen LogP contribution in [-0.2, 0) is 28.5 Å². The van der Waals surface area contributed by atoms with Gasteiger partial charge in [0.2, 0.25) is 0 Å². The van der Waals surface area contributed by atoms with Crippen molar-refractivity contribution >= 4 is 11.9 Å². The van der Waals surface area contributed by atoms with Gasteiger partial charge in [0, 0.05) is 20.0 Å². The van der Waals surface area contributed by atoms with Crippen LogP contribution in [-0.4, -0.2) is 76.2 Å². The number of hydrogen-bond donors (Lipinski definition) is 4. The number of hydrogen-bond acceptors (Lipinski definition) is 10. The van der Waals surface area contributed by atoms with Gasteiger partial charge in [-0.1, -0.05) is 194 Å². The van der Waals surface area contributed by atoms with E-state index in [-0.39, 0.29) is 12.8 Å². The lowest BCUT2D eigenvalue weighted by Crippen LogP contribution is -2.76. The fourth-order valence-corrected chi connectivity index (χ4v) is 7.29. The molecule has 0 aromatic rings. The lowest BCUT2D eigenvalue weighted by Gasteiger charge is -2.51. The molecule has 0 radical (unpaired) electrons. The molecule has 1 heterocycles. The first-order chi connectivity index (χ1) is 25.7. The summed E-state index contributed by atoms with van der Waals surface area (Å²) in [5.41, 5.74) is 0. The van der Waals surface area contributed by atoms with Crippen LogP contribution in [0.5, 0.6) is 0 Å². The molecule has 0 spiro atoms. The summed E-state index contributed by atoms with van der Waals surface area (Å²) < 4.78 is 21.4. The van der Waals surface area contributed by atoms with E-state index in [1.54, 1.807) is 0 Å². The van der Waals surface area contributed by atoms with Crippen molar-refractivity contribution in [1.82, 2.24) is 0 Å². The van der Waals surface area contributed by atoms with Gasteiger partial charge in [-0.15, -0.1) is 0 Å². The molecule has 1 aliphatic rings. The Morgan fingerprint density at radius 1 is 0.528 bits per heavy atom. The van der Waals surface area contributed by atoms with Gasteiger partial charge in [-0.05, 0) is 12.8 Å². The van der Waals surface area contributed by atoms with Crippen LogP contribution in [0.25, 0.3) is 0 Å². The average Bonchev–Trinajstić information content (AvgIpc) is 3.15. The van der Waals surface area contributed by atoms with Crippen molar-refractivity contribution in [3.8, 4) is 0 Å². The Labute approximate surface area is 323 Å². The van der Waals surface area contributed by atoms with E-state index in [4.69, 9.17) is 18.9 Å². The third-order valence-electron chi connectivity index (χ3n) is 10.8. The van der Waals surface area contributed by atoms with Gasteiger partial charge in [0.15, 0.2) is 12.4 Å². The van der Waals surface area contributed by atoms with E-state index < -0.39 is 48.6 Å². The molecule has 314 valence electrons. The number of carbonyl (C=O) groups is 2. The maximum absolute atomic E-state index is 12.9. The van der Waals surface area contributed by atoms with Gasteiger partial charge in [0.25, 0.3) is 0 Å². The number of ether oxygens (including phenoxy) is 4. The molecule has 10 heteroatoms. The fraction of sp³-hybridized carbons (Fsp3) is 0.953. The molecule has 1 unspecified atom stereocenters. The van der Waals surface area contributed by atoms with Crippen molar-refractivity contribution in [2.24, 2.45) is 0 Å². The molecule has 4 N–H and O–H groups in total. The highest BCUT2D eigenvalue weighted by Gasteiger charge is 2.70. The predicted octanol–water partition coefficient (Wildman–Crippen LogP) is 9.70. The lowest BCUT2D eigenvalue weighted by molar-refractivity contribution is -0.472. The minimum absolute atomic E-state index is 0.0250. The third-order valence-corrected chi connectivity index (χ3v) is 10.8. The second-order valence-corrected chi connectivity index (χ2v) is 15.6. The predicted molar refractivity (Wildman–Crippen MR) is 210 cm³/mol. The minimum Gasteiger partial charge on any atom is -0.423 e. The third kappa shape index (κ3) is 21.0. The summed E-state index contributed by atoms with van der Waals surface area (Å²) in [5, 5.41) is 43.3. The van der Waals surface area contributed by atoms with Gasteiger partial charge < -0.3 is 39.4 Å². The summed E-state index contributed by atoms with van der Waals surface area (Å²) in [5.74, 6) is -7.43. The van der Waals surface area contributed by atoms with Crippen LogP contribution in [0.2, 0.25) is 0 Å². The minimum atomic E-state index is -3.06. The molecule has 0 aromatic heterocycles. The first kappa shape index (κ1) is 49.7. The van der Waals surface area contributed by atoms with Gasteiger partial charge in [-0.2, -0.15) is 0 Å². The van der Waals surface area contributed by atoms with Crippen molar-refractivity contribution in [1.29, 1.82) is 0 Å². The van der Waals surface area contributed by atoms with Gasteiger partial charge in [-0.25, -0.2) is 0 Å². The molecule has 1 fully saturated rings. The number of rotatable bonds is 36. The molecule has 0 aromatic carbocycles. The summed E-state index contributed by atoms with van der Waals surface area (Å²) in [6, 6.07) is 0. The Kier molecular flexibility index (Phi) is 29.9. The first-order valence-corrected chi connectivity index (χ1v) is 22.0. The second-order valence-electron chi connectivity index (χ2n) is 15.6. The van der Waals surface area contributed by atoms with Gasteiger partial charge in [0.05, 0.1) is 0 Å². The molecule has 0 saturated carbocycles. The summed E-state index contributed by atoms with van der Waals surface area (Å²) in [4.78, 5) is 25.8. The van der Waals surface area contributed by atoms with E-state index >= 15 is 0 Å². The van der Waals surface area contributed by atoms with Crippen LogP contribution >= 0.6 is 0 Å². The smallest absolute Gasteiger partial charge is 0.308 e. The highest BCUT2D eigenvalue weighted by atomic mass is 16.8. The Bertz CT molecular complexity index is 887. The highest BCUT2D eigenvalue weighted by Crippen LogP contribution is 2.41. The first-order valence-electron chi connectivity index (χ1n) is 22.0. The van der Waals surface area contributed by atoms with Crippen molar-refractivity contribution in [2.45, 2.75) is 249 Å². The maximum Gasteiger partial charge on any atom is 0.308 e. The van der Waals surface area contributed by atoms with Crippen molar-refractivity contribution in [2.75, 3.05) is 13.7 Å². The molecular weight excluding hydrogens is 676 g/mol. The van der Waals surface area contributed by atoms with Crippen molar-refractivity contribution in [3.63, 3.8) is 0 Å². The molecule has 53 heavy (non-hydrogen) atoms. The van der Waals surface area contributed by atoms with Crippen molar-refractivity contribution in [3.05, 3.63) is 0 Å². The summed E-state index contributed by atoms with van der Waals surface area (Å²) in [7, 11) is 1.19. The average molecular weight is 759 g/mol. The van der Waals surface area contributed by atoms with E-state index in [0.717, 1.165) is 44.9 Å². The monoisotopic (exact) mass is 759 g/mol. The zero-order chi connectivity index (χ0) is 39.0. The number of aliphatic hydroxyl groups excluding tert-OH is 3. The normalized spacial score (nSPS) is 23.0. The van der Waals surface area contributed by atoms with Crippen LogP contribution in [0, 0.1) is 0 Å². The fourth-order valence-electron chi connectivity index (χ4n) is 7.29. The molecular formula is C43H82O10. The Hall–Kier alpha value is -1.30. The Morgan fingerprint density at radius 2 is 0.830 bits per heavy atom. The molecule has 1 saturated heterocycles. The van der Waals surface area contributed by atoms with E-state index in [9.17, 15) is 30.0 Å². The second kappa shape index (κ2) is 31.9. The summed E-state index contributed by atoms with van der Waals surface area (Å²) >= 11 is 0. The van der Waals surface area contributed by atoms with E-state index in [1.807, 2.05) is 0 Å². The van der Waals surface area contributed by atoms with Gasteiger partial charge in [-0.3, -0.25) is 9.59 Å². The van der Waals surface area contributed by atoms with E-state index in [0.29, 0.717) is 12.8 Å². The topological polar surface area (TPSA) is 152 Å². The number of methoxy groups -OCH3 is 1. The molecule has 0 aliphatic carbocycles. The number of esters is 2. The van der Waals surface area contributed by atoms with Crippen LogP contribution in [0.15, 0.2) is 0 Å². The zero-order valence-corrected chi connectivity index (χ0v) is 34.3. The summed E-state index contributed by atoms with van der Waals surface area (Å²) in [6.07, 6.45) is 29.7. The van der Waals surface area contributed by atoms with Gasteiger partial charge >= 0.3 is 23.5 Å². The quantitative estimate of drug-likeness (QED) is 0.0276. The Morgan fingerprint density at radius 3 is 1.13 bits per heavy atom. The molecule has 1 rings (SSSR count). The standard InChI is InChI=1S/C43H82O10/c1-4-6-8-10-12-14-16-18-20-22-24-26-28-30-32-34-37(45)51-42(36-44)43(49,40(48)39(47)41(50-3)53-42)52-38(46)35-33-31-29-27-25-23-21-19-17-15-13-11-9-7-5-2/h39-41,44,47-49H,4-36H2,1-3H3/t39-,40+,41-,42?,43+/m0/s1. The van der Waals surface area contributed by atoms with Crippen LogP contribution < -0.4 is 0 Å². The zero-order valence-electron chi connectivity index (χ0n) is 34.3. The van der Waals surface area contributed by atoms with Crippen LogP contribution in [0.4, 0.5) is 0 Å². The number of carbonyl (C=O) groups excluding carboxylic acids is 2. The lowest BCUT2D eigenvalue weighted by atomic mass is 9.91. The maximum atomic E-state index is 12.9. The molecule has 0 amide bonds. The van der Waals surface area contributed by atoms with E-state index in [1.165, 1.54) is 142 Å². The van der Waals surface area contributed by atoms with E-state index in [2.05, 4.69) is 13.8 Å². The molecule has 10 nitrogen and oxygen atoms in total. The molecule has 0 bridgehead atoms. The highest BCUT2D eigenvalue weighted by molar-refractivity contribution is 5.71. The number of unbranched alkanes of at least 4 members (excludes halogenated alkanes) is 28. The van der Waals surface area contributed by atoms with Gasteiger partial charge in [0.1, 0.15) is 12.7 Å². The molecule has 1 aliphatic heterocycles. The molecule has 5 atom stereocenters.